The number of thiophene rings is 2. The van der Waals surface area contributed by atoms with Gasteiger partial charge in [0.25, 0.3) is 0 Å². The highest BCUT2D eigenvalue weighted by atomic mass is 32.1. The molecule has 3 aromatic rings. The highest BCUT2D eigenvalue weighted by Crippen LogP contribution is 2.32. The van der Waals surface area contributed by atoms with Crippen molar-refractivity contribution in [2.45, 2.75) is 25.8 Å². The lowest BCUT2D eigenvalue weighted by molar-refractivity contribution is 0.602. The fraction of sp³-hybridized carbons (Fsp3) is 0.294. The van der Waals surface area contributed by atoms with Crippen LogP contribution in [-0.4, -0.2) is 7.05 Å². The van der Waals surface area contributed by atoms with Crippen LogP contribution in [0, 0.1) is 0 Å². The minimum Gasteiger partial charge on any atom is -0.313 e. The van der Waals surface area contributed by atoms with Gasteiger partial charge < -0.3 is 5.32 Å². The van der Waals surface area contributed by atoms with E-state index in [0.717, 1.165) is 12.8 Å². The second-order valence-electron chi connectivity index (χ2n) is 4.95. The van der Waals surface area contributed by atoms with Gasteiger partial charge in [-0.2, -0.15) is 0 Å². The molecule has 104 valence electrons. The van der Waals surface area contributed by atoms with Crippen LogP contribution in [0.5, 0.6) is 0 Å². The molecular formula is C17H19NS2. The average molecular weight is 301 g/mol. The van der Waals surface area contributed by atoms with E-state index < -0.39 is 0 Å². The Bertz CT molecular complexity index is 696. The number of likely N-dealkylation sites (N-methyl/N-ethyl adjacent to an activating group) is 1. The molecule has 0 saturated heterocycles. The molecule has 2 heterocycles. The van der Waals surface area contributed by atoms with Crippen molar-refractivity contribution in [3.63, 3.8) is 0 Å². The quantitative estimate of drug-likeness (QED) is 0.697. The van der Waals surface area contributed by atoms with Gasteiger partial charge in [0.15, 0.2) is 0 Å². The van der Waals surface area contributed by atoms with Gasteiger partial charge in [0, 0.05) is 26.9 Å². The van der Waals surface area contributed by atoms with Crippen LogP contribution in [0.15, 0.2) is 41.8 Å². The largest absolute Gasteiger partial charge is 0.313 e. The van der Waals surface area contributed by atoms with Crippen molar-refractivity contribution >= 4 is 32.8 Å². The Morgan fingerprint density at radius 3 is 2.65 bits per heavy atom. The first-order valence-electron chi connectivity index (χ1n) is 7.02. The van der Waals surface area contributed by atoms with Gasteiger partial charge in [-0.3, -0.25) is 0 Å². The summed E-state index contributed by atoms with van der Waals surface area (Å²) in [4.78, 5) is 2.95. The van der Waals surface area contributed by atoms with Crippen molar-refractivity contribution in [2.75, 3.05) is 7.05 Å². The van der Waals surface area contributed by atoms with Crippen molar-refractivity contribution < 1.29 is 0 Å². The Labute approximate surface area is 128 Å². The number of hydrogen-bond acceptors (Lipinski definition) is 3. The van der Waals surface area contributed by atoms with Gasteiger partial charge in [0.05, 0.1) is 0 Å². The number of nitrogens with one attached hydrogen (secondary N) is 1. The van der Waals surface area contributed by atoms with Crippen molar-refractivity contribution in [1.82, 2.24) is 5.32 Å². The zero-order valence-corrected chi connectivity index (χ0v) is 13.5. The lowest BCUT2D eigenvalue weighted by Gasteiger charge is -2.15. The van der Waals surface area contributed by atoms with E-state index >= 15 is 0 Å². The molecule has 1 unspecified atom stereocenters. The number of fused-ring (bicyclic) bond motifs is 1. The second kappa shape index (κ2) is 6.08. The maximum Gasteiger partial charge on any atom is 0.0380 e. The summed E-state index contributed by atoms with van der Waals surface area (Å²) in [5, 5.41) is 7.18. The van der Waals surface area contributed by atoms with E-state index in [1.165, 1.54) is 25.4 Å². The standard InChI is InChI=1S/C17H19NS2/c1-3-12-8-9-13(20-12)10-16(18-2)15-11-19-17-7-5-4-6-14(15)17/h4-9,11,16,18H,3,10H2,1-2H3. The van der Waals surface area contributed by atoms with Gasteiger partial charge in [0.2, 0.25) is 0 Å². The Morgan fingerprint density at radius 1 is 1.10 bits per heavy atom. The lowest BCUT2D eigenvalue weighted by Crippen LogP contribution is -2.17. The third kappa shape index (κ3) is 2.66. The van der Waals surface area contributed by atoms with Crippen molar-refractivity contribution in [3.8, 4) is 0 Å². The summed E-state index contributed by atoms with van der Waals surface area (Å²) in [5.74, 6) is 0. The van der Waals surface area contributed by atoms with E-state index in [2.05, 4.69) is 61.1 Å². The summed E-state index contributed by atoms with van der Waals surface area (Å²) in [6.45, 7) is 2.22. The minimum atomic E-state index is 0.398. The predicted octanol–water partition coefficient (Wildman–Crippen LogP) is 5.03. The number of rotatable bonds is 5. The molecule has 0 bridgehead atoms. The molecule has 0 saturated carbocycles. The van der Waals surface area contributed by atoms with Crippen LogP contribution in [0.4, 0.5) is 0 Å². The Morgan fingerprint density at radius 2 is 1.90 bits per heavy atom. The second-order valence-corrected chi connectivity index (χ2v) is 7.12. The van der Waals surface area contributed by atoms with E-state index in [9.17, 15) is 0 Å². The smallest absolute Gasteiger partial charge is 0.0380 e. The number of aryl methyl sites for hydroxylation is 1. The molecule has 0 fully saturated rings. The van der Waals surface area contributed by atoms with Crippen LogP contribution >= 0.6 is 22.7 Å². The van der Waals surface area contributed by atoms with Crippen LogP contribution in [0.3, 0.4) is 0 Å². The third-order valence-corrected chi connectivity index (χ3v) is 5.94. The summed E-state index contributed by atoms with van der Waals surface area (Å²) < 4.78 is 1.38. The van der Waals surface area contributed by atoms with Gasteiger partial charge in [-0.25, -0.2) is 0 Å². The van der Waals surface area contributed by atoms with Crippen LogP contribution in [0.1, 0.15) is 28.3 Å². The van der Waals surface area contributed by atoms with Crippen LogP contribution < -0.4 is 5.32 Å². The highest BCUT2D eigenvalue weighted by molar-refractivity contribution is 7.17. The summed E-state index contributed by atoms with van der Waals surface area (Å²) in [5.41, 5.74) is 1.43. The van der Waals surface area contributed by atoms with E-state index in [1.54, 1.807) is 0 Å². The zero-order chi connectivity index (χ0) is 13.9. The molecule has 1 nitrogen and oxygen atoms in total. The van der Waals surface area contributed by atoms with Crippen LogP contribution in [0.2, 0.25) is 0 Å². The summed E-state index contributed by atoms with van der Waals surface area (Å²) in [6.07, 6.45) is 2.21. The first-order valence-corrected chi connectivity index (χ1v) is 8.72. The lowest BCUT2D eigenvalue weighted by atomic mass is 10.0. The third-order valence-electron chi connectivity index (χ3n) is 3.71. The minimum absolute atomic E-state index is 0.398. The number of benzene rings is 1. The maximum absolute atomic E-state index is 3.49. The Balaban J connectivity index is 1.89. The molecule has 0 aliphatic rings. The van der Waals surface area contributed by atoms with E-state index in [4.69, 9.17) is 0 Å². The van der Waals surface area contributed by atoms with Crippen molar-refractivity contribution in [2.24, 2.45) is 0 Å². The molecular weight excluding hydrogens is 282 g/mol. The fourth-order valence-electron chi connectivity index (χ4n) is 2.56. The molecule has 20 heavy (non-hydrogen) atoms. The Hall–Kier alpha value is -1.16. The molecule has 0 aliphatic carbocycles. The van der Waals surface area contributed by atoms with E-state index in [-0.39, 0.29) is 0 Å². The summed E-state index contributed by atoms with van der Waals surface area (Å²) >= 11 is 3.78. The molecule has 0 spiro atoms. The summed E-state index contributed by atoms with van der Waals surface area (Å²) in [6, 6.07) is 13.6. The van der Waals surface area contributed by atoms with Crippen LogP contribution in [-0.2, 0) is 12.8 Å². The molecule has 0 radical (unpaired) electrons. The molecule has 3 rings (SSSR count). The van der Waals surface area contributed by atoms with Gasteiger partial charge in [-0.05, 0) is 48.0 Å². The van der Waals surface area contributed by atoms with Crippen molar-refractivity contribution in [3.05, 3.63) is 57.1 Å². The van der Waals surface area contributed by atoms with E-state index in [1.807, 2.05) is 22.7 Å². The first-order chi connectivity index (χ1) is 9.81. The first kappa shape index (κ1) is 13.8. The SMILES string of the molecule is CCc1ccc(CC(NC)c2csc3ccccc23)s1. The maximum atomic E-state index is 3.49. The van der Waals surface area contributed by atoms with Gasteiger partial charge in [0.1, 0.15) is 0 Å². The molecule has 1 N–H and O–H groups in total. The molecule has 1 atom stereocenters. The molecule has 2 aromatic heterocycles. The molecule has 3 heteroatoms. The van der Waals surface area contributed by atoms with Crippen molar-refractivity contribution in [1.29, 1.82) is 0 Å². The average Bonchev–Trinajstić information content (AvgIpc) is 3.11. The fourth-order valence-corrected chi connectivity index (χ4v) is 4.58. The van der Waals surface area contributed by atoms with Gasteiger partial charge >= 0.3 is 0 Å². The molecule has 1 aromatic carbocycles. The predicted molar refractivity (Wildman–Crippen MR) is 91.0 cm³/mol. The summed E-state index contributed by atoms with van der Waals surface area (Å²) in [7, 11) is 2.06. The van der Waals surface area contributed by atoms with Gasteiger partial charge in [-0.1, -0.05) is 25.1 Å². The van der Waals surface area contributed by atoms with Gasteiger partial charge in [-0.15, -0.1) is 22.7 Å². The zero-order valence-electron chi connectivity index (χ0n) is 11.8. The monoisotopic (exact) mass is 301 g/mol. The number of hydrogen-bond donors (Lipinski definition) is 1. The highest BCUT2D eigenvalue weighted by Gasteiger charge is 2.15. The topological polar surface area (TPSA) is 12.0 Å². The van der Waals surface area contributed by atoms with E-state index in [0.29, 0.717) is 6.04 Å². The molecule has 0 amide bonds. The Kier molecular flexibility index (Phi) is 4.20. The molecule has 0 aliphatic heterocycles. The normalized spacial score (nSPS) is 12.9. The van der Waals surface area contributed by atoms with Crippen LogP contribution in [0.25, 0.3) is 10.1 Å².